The van der Waals surface area contributed by atoms with E-state index >= 15 is 0 Å². The minimum atomic E-state index is 0.682. The first-order chi connectivity index (χ1) is 5.25. The third kappa shape index (κ3) is 2.20. The Hall–Kier alpha value is -0.0200. The second kappa shape index (κ2) is 4.12. The molecule has 0 bridgehead atoms. The Morgan fingerprint density at radius 3 is 2.27 bits per heavy atom. The topological polar surface area (TPSA) is 9.23 Å². The summed E-state index contributed by atoms with van der Waals surface area (Å²) in [5, 5.41) is 0. The maximum Gasteiger partial charge on any atom is 0.147 e. The summed E-state index contributed by atoms with van der Waals surface area (Å²) in [7, 11) is 0. The van der Waals surface area contributed by atoms with Gasteiger partial charge >= 0.3 is 0 Å². The lowest BCUT2D eigenvalue weighted by molar-refractivity contribution is 0.336. The Morgan fingerprint density at radius 2 is 1.82 bits per heavy atom. The van der Waals surface area contributed by atoms with Crippen molar-refractivity contribution in [2.75, 3.05) is 6.61 Å². The first kappa shape index (κ1) is 9.07. The molecule has 0 spiro atoms. The molecule has 0 heterocycles. The van der Waals surface area contributed by atoms with Gasteiger partial charge in [0.25, 0.3) is 0 Å². The van der Waals surface area contributed by atoms with Gasteiger partial charge < -0.3 is 4.74 Å². The molecule has 0 radical (unpaired) electrons. The number of rotatable bonds is 2. The number of benzene rings is 1. The van der Waals surface area contributed by atoms with Crippen molar-refractivity contribution in [2.45, 2.75) is 6.92 Å². The fraction of sp³-hybridized carbons (Fsp3) is 0.250. The van der Waals surface area contributed by atoms with Gasteiger partial charge in [-0.2, -0.15) is 0 Å². The van der Waals surface area contributed by atoms with Gasteiger partial charge in [-0.3, -0.25) is 0 Å². The van der Waals surface area contributed by atoms with Crippen LogP contribution in [0.15, 0.2) is 27.1 Å². The summed E-state index contributed by atoms with van der Waals surface area (Å²) in [5.41, 5.74) is 0. The summed E-state index contributed by atoms with van der Waals surface area (Å²) in [6, 6.07) is 5.86. The third-order valence-electron chi connectivity index (χ3n) is 1.21. The molecule has 60 valence electrons. The number of hydrogen-bond donors (Lipinski definition) is 0. The molecule has 0 aliphatic rings. The average molecular weight is 280 g/mol. The molecule has 0 fully saturated rings. The molecule has 1 aromatic carbocycles. The van der Waals surface area contributed by atoms with Crippen LogP contribution >= 0.6 is 31.9 Å². The Bertz CT molecular complexity index is 228. The molecule has 0 N–H and O–H groups in total. The van der Waals surface area contributed by atoms with Crippen molar-refractivity contribution < 1.29 is 4.74 Å². The van der Waals surface area contributed by atoms with E-state index in [0.29, 0.717) is 6.61 Å². The minimum Gasteiger partial charge on any atom is -0.492 e. The van der Waals surface area contributed by atoms with Crippen LogP contribution in [-0.2, 0) is 0 Å². The molecule has 0 saturated carbocycles. The lowest BCUT2D eigenvalue weighted by atomic mass is 10.3. The predicted octanol–water partition coefficient (Wildman–Crippen LogP) is 3.61. The van der Waals surface area contributed by atoms with Crippen LogP contribution in [0.5, 0.6) is 5.75 Å². The van der Waals surface area contributed by atoms with Gasteiger partial charge in [-0.25, -0.2) is 0 Å². The number of hydrogen-bond acceptors (Lipinski definition) is 1. The van der Waals surface area contributed by atoms with Crippen LogP contribution in [0.2, 0.25) is 0 Å². The maximum atomic E-state index is 5.37. The van der Waals surface area contributed by atoms with Gasteiger partial charge in [-0.15, -0.1) is 0 Å². The van der Waals surface area contributed by atoms with Gasteiger partial charge in [0, 0.05) is 0 Å². The van der Waals surface area contributed by atoms with Crippen LogP contribution in [-0.4, -0.2) is 6.61 Å². The van der Waals surface area contributed by atoms with Crippen LogP contribution in [0, 0.1) is 0 Å². The summed E-state index contributed by atoms with van der Waals surface area (Å²) < 4.78 is 7.33. The van der Waals surface area contributed by atoms with Crippen LogP contribution in [0.1, 0.15) is 6.92 Å². The highest BCUT2D eigenvalue weighted by atomic mass is 79.9. The van der Waals surface area contributed by atoms with Crippen molar-refractivity contribution in [2.24, 2.45) is 0 Å². The van der Waals surface area contributed by atoms with Gasteiger partial charge in [0.2, 0.25) is 0 Å². The van der Waals surface area contributed by atoms with E-state index in [1.807, 2.05) is 25.1 Å². The lowest BCUT2D eigenvalue weighted by Crippen LogP contribution is -1.92. The molecule has 0 amide bonds. The van der Waals surface area contributed by atoms with Crippen molar-refractivity contribution in [1.29, 1.82) is 0 Å². The number of halogens is 2. The monoisotopic (exact) mass is 278 g/mol. The van der Waals surface area contributed by atoms with E-state index in [4.69, 9.17) is 4.74 Å². The zero-order chi connectivity index (χ0) is 8.27. The van der Waals surface area contributed by atoms with Gasteiger partial charge in [0.05, 0.1) is 15.6 Å². The summed E-state index contributed by atoms with van der Waals surface area (Å²) in [4.78, 5) is 0. The molecule has 1 nitrogen and oxygen atoms in total. The molecule has 1 aromatic rings. The molecule has 0 saturated heterocycles. The highest BCUT2D eigenvalue weighted by Gasteiger charge is 2.03. The van der Waals surface area contributed by atoms with Gasteiger partial charge in [-0.05, 0) is 50.9 Å². The molecule has 0 aliphatic carbocycles. The zero-order valence-electron chi connectivity index (χ0n) is 6.10. The summed E-state index contributed by atoms with van der Waals surface area (Å²) in [6.45, 7) is 2.65. The summed E-state index contributed by atoms with van der Waals surface area (Å²) >= 11 is 6.79. The summed E-state index contributed by atoms with van der Waals surface area (Å²) in [5.74, 6) is 0.870. The van der Waals surface area contributed by atoms with E-state index in [9.17, 15) is 0 Å². The molecule has 0 aromatic heterocycles. The van der Waals surface area contributed by atoms with Crippen LogP contribution in [0.3, 0.4) is 0 Å². The van der Waals surface area contributed by atoms with Gasteiger partial charge in [0.15, 0.2) is 0 Å². The quantitative estimate of drug-likeness (QED) is 0.804. The van der Waals surface area contributed by atoms with Gasteiger partial charge in [-0.1, -0.05) is 6.07 Å². The van der Waals surface area contributed by atoms with Crippen molar-refractivity contribution in [3.8, 4) is 5.75 Å². The highest BCUT2D eigenvalue weighted by Crippen LogP contribution is 2.32. The maximum absolute atomic E-state index is 5.37. The molecular formula is C8H8Br2O. The first-order valence-electron chi connectivity index (χ1n) is 3.32. The standard InChI is InChI=1S/C8H8Br2O/c1-2-11-8-6(9)4-3-5-7(8)10/h3-5H,2H2,1H3. The van der Waals surface area contributed by atoms with Crippen LogP contribution < -0.4 is 4.74 Å². The van der Waals surface area contributed by atoms with Gasteiger partial charge in [0.1, 0.15) is 5.75 Å². The number of ether oxygens (including phenoxy) is 1. The lowest BCUT2D eigenvalue weighted by Gasteiger charge is -2.06. The van der Waals surface area contributed by atoms with E-state index in [2.05, 4.69) is 31.9 Å². The molecular weight excluding hydrogens is 272 g/mol. The van der Waals surface area contributed by atoms with Crippen molar-refractivity contribution >= 4 is 31.9 Å². The van der Waals surface area contributed by atoms with E-state index in [0.717, 1.165) is 14.7 Å². The zero-order valence-corrected chi connectivity index (χ0v) is 9.28. The Balaban J connectivity index is 3.00. The predicted molar refractivity (Wildman–Crippen MR) is 53.0 cm³/mol. The Kier molecular flexibility index (Phi) is 3.40. The van der Waals surface area contributed by atoms with E-state index in [1.54, 1.807) is 0 Å². The van der Waals surface area contributed by atoms with Crippen molar-refractivity contribution in [1.82, 2.24) is 0 Å². The van der Waals surface area contributed by atoms with E-state index in [-0.39, 0.29) is 0 Å². The van der Waals surface area contributed by atoms with Crippen LogP contribution in [0.4, 0.5) is 0 Å². The fourth-order valence-electron chi connectivity index (χ4n) is 0.765. The smallest absolute Gasteiger partial charge is 0.147 e. The largest absolute Gasteiger partial charge is 0.492 e. The molecule has 0 aliphatic heterocycles. The van der Waals surface area contributed by atoms with Crippen molar-refractivity contribution in [3.63, 3.8) is 0 Å². The minimum absolute atomic E-state index is 0.682. The Labute approximate surface area is 83.0 Å². The molecule has 0 unspecified atom stereocenters. The highest BCUT2D eigenvalue weighted by molar-refractivity contribution is 9.11. The molecule has 0 atom stereocenters. The molecule has 1 rings (SSSR count). The van der Waals surface area contributed by atoms with Crippen molar-refractivity contribution in [3.05, 3.63) is 27.1 Å². The normalized spacial score (nSPS) is 9.73. The SMILES string of the molecule is CCOc1c(Br)cccc1Br. The second-order valence-corrected chi connectivity index (χ2v) is 3.69. The Morgan fingerprint density at radius 1 is 1.27 bits per heavy atom. The van der Waals surface area contributed by atoms with E-state index < -0.39 is 0 Å². The number of para-hydroxylation sites is 1. The van der Waals surface area contributed by atoms with Crippen LogP contribution in [0.25, 0.3) is 0 Å². The fourth-order valence-corrected chi connectivity index (χ4v) is 1.99. The third-order valence-corrected chi connectivity index (χ3v) is 2.46. The van der Waals surface area contributed by atoms with E-state index in [1.165, 1.54) is 0 Å². The first-order valence-corrected chi connectivity index (χ1v) is 4.91. The summed E-state index contributed by atoms with van der Waals surface area (Å²) in [6.07, 6.45) is 0. The second-order valence-electron chi connectivity index (χ2n) is 1.98. The molecule has 3 heteroatoms. The molecule has 11 heavy (non-hydrogen) atoms. The average Bonchev–Trinajstić information content (AvgIpc) is 1.97.